The quantitative estimate of drug-likeness (QED) is 0.135. The van der Waals surface area contributed by atoms with Crippen LogP contribution in [0.25, 0.3) is 21.9 Å². The van der Waals surface area contributed by atoms with Gasteiger partial charge in [-0.2, -0.15) is 0 Å². The van der Waals surface area contributed by atoms with E-state index in [1.807, 2.05) is 0 Å². The Morgan fingerprint density at radius 3 is 1.26 bits per heavy atom. The van der Waals surface area contributed by atoms with E-state index in [4.69, 9.17) is 11.6 Å². The molecule has 328 valence electrons. The molecular weight excluding hydrogens is 822 g/mol. The maximum Gasteiger partial charge on any atom is 0.0888 e. The first-order chi connectivity index (χ1) is 31.7. The van der Waals surface area contributed by atoms with E-state index in [1.54, 1.807) is 0 Å². The minimum absolute atomic E-state index is 0.0138. The molecule has 4 heteroatoms. The highest BCUT2D eigenvalue weighted by Gasteiger charge is 2.28. The lowest BCUT2D eigenvalue weighted by atomic mass is 9.87. The minimum atomic E-state index is -0.0138. The monoisotopic (exact) mass is 879 g/mol. The van der Waals surface area contributed by atoms with Crippen molar-refractivity contribution in [2.75, 3.05) is 14.7 Å². The first-order valence-corrected chi connectivity index (χ1v) is 23.3. The molecule has 0 radical (unpaired) electrons. The number of fused-ring (bicyclic) bond motifs is 1. The van der Waals surface area contributed by atoms with Crippen molar-refractivity contribution in [3.63, 3.8) is 0 Å². The molecule has 0 aliphatic heterocycles. The number of halogens is 1. The summed E-state index contributed by atoms with van der Waals surface area (Å²) in [6.45, 7) is 17.8. The molecule has 0 aromatic heterocycles. The summed E-state index contributed by atoms with van der Waals surface area (Å²) in [5, 5.41) is 2.92. The van der Waals surface area contributed by atoms with Crippen molar-refractivity contribution < 1.29 is 0 Å². The Labute approximate surface area is 397 Å². The molecule has 9 aromatic carbocycles. The van der Waals surface area contributed by atoms with Crippen LogP contribution in [0, 0.1) is 13.8 Å². The maximum absolute atomic E-state index is 8.16. The van der Waals surface area contributed by atoms with Gasteiger partial charge in [0, 0.05) is 33.7 Å². The second-order valence-electron chi connectivity index (χ2n) is 19.5. The van der Waals surface area contributed by atoms with Crippen LogP contribution in [0.15, 0.2) is 206 Å². The van der Waals surface area contributed by atoms with Crippen molar-refractivity contribution in [2.45, 2.75) is 66.2 Å². The van der Waals surface area contributed by atoms with Crippen molar-refractivity contribution in [3.05, 3.63) is 234 Å². The van der Waals surface area contributed by atoms with Crippen LogP contribution in [-0.4, -0.2) is 0 Å². The van der Waals surface area contributed by atoms with Gasteiger partial charge in [0.15, 0.2) is 0 Å². The van der Waals surface area contributed by atoms with Crippen LogP contribution in [0.5, 0.6) is 0 Å². The summed E-state index contributed by atoms with van der Waals surface area (Å²) in [4.78, 5) is 7.07. The molecule has 0 aliphatic carbocycles. The Bertz CT molecular complexity index is 2970. The van der Waals surface area contributed by atoms with Crippen LogP contribution in [0.3, 0.4) is 0 Å². The van der Waals surface area contributed by atoms with Gasteiger partial charge >= 0.3 is 0 Å². The number of benzene rings is 9. The Morgan fingerprint density at radius 2 is 0.758 bits per heavy atom. The van der Waals surface area contributed by atoms with Crippen molar-refractivity contribution in [1.29, 1.82) is 0 Å². The lowest BCUT2D eigenvalue weighted by Gasteiger charge is -2.35. The number of anilines is 9. The van der Waals surface area contributed by atoms with Crippen molar-refractivity contribution in [1.82, 2.24) is 0 Å². The molecule has 0 aliphatic rings. The normalized spacial score (nSPS) is 11.7. The van der Waals surface area contributed by atoms with E-state index in [0.29, 0.717) is 5.02 Å². The Kier molecular flexibility index (Phi) is 12.1. The molecular formula is C62H58ClN3. The highest BCUT2D eigenvalue weighted by molar-refractivity contribution is 6.37. The van der Waals surface area contributed by atoms with Crippen LogP contribution in [0.2, 0.25) is 5.02 Å². The summed E-state index contributed by atoms with van der Waals surface area (Å²) in [5.74, 6) is 0. The fourth-order valence-corrected chi connectivity index (χ4v) is 9.12. The third-order valence-corrected chi connectivity index (χ3v) is 13.0. The van der Waals surface area contributed by atoms with Crippen LogP contribution >= 0.6 is 11.6 Å². The number of hydrogen-bond donors (Lipinski definition) is 0. The average Bonchev–Trinajstić information content (AvgIpc) is 3.32. The molecule has 0 bridgehead atoms. The van der Waals surface area contributed by atoms with Gasteiger partial charge in [-0.15, -0.1) is 0 Å². The number of para-hydroxylation sites is 1. The molecule has 9 aromatic rings. The fraction of sp³-hybridized carbons (Fsp3) is 0.161. The summed E-state index contributed by atoms with van der Waals surface area (Å²) < 4.78 is 0. The molecule has 0 atom stereocenters. The lowest BCUT2D eigenvalue weighted by molar-refractivity contribution is 0.590. The van der Waals surface area contributed by atoms with Crippen molar-refractivity contribution in [3.8, 4) is 11.1 Å². The van der Waals surface area contributed by atoms with Crippen LogP contribution in [0.1, 0.15) is 63.8 Å². The third kappa shape index (κ3) is 8.97. The third-order valence-electron chi connectivity index (χ3n) is 12.6. The molecule has 0 heterocycles. The number of nitrogens with zero attached hydrogens (tertiary/aromatic N) is 3. The standard InChI is InChI=1S/C62H58ClN3/c1-43-25-33-49(34-26-43)64(51-37-29-47(30-38-51)61(3,4)5)58-41-53(42-59(60(58)63)65(50-35-27-44(2)28-36-50)52-39-31-48(32-40-52)62(6,7)8)66(57-24-16-20-46-19-12-13-21-55(46)57)56-23-15-14-22-54(56)45-17-10-9-11-18-45/h9-42H,1-8H3. The van der Waals surface area contributed by atoms with Gasteiger partial charge in [0.05, 0.1) is 33.5 Å². The van der Waals surface area contributed by atoms with Gasteiger partial charge in [-0.3, -0.25) is 0 Å². The topological polar surface area (TPSA) is 9.72 Å². The molecule has 0 saturated heterocycles. The molecule has 0 saturated carbocycles. The summed E-state index contributed by atoms with van der Waals surface area (Å²) in [7, 11) is 0. The predicted octanol–water partition coefficient (Wildman–Crippen LogP) is 18.8. The summed E-state index contributed by atoms with van der Waals surface area (Å²) >= 11 is 8.16. The van der Waals surface area contributed by atoms with E-state index in [2.05, 4.69) is 276 Å². The van der Waals surface area contributed by atoms with Gasteiger partial charge in [0.2, 0.25) is 0 Å². The second-order valence-corrected chi connectivity index (χ2v) is 19.8. The highest BCUT2D eigenvalue weighted by atomic mass is 35.5. The maximum atomic E-state index is 8.16. The zero-order chi connectivity index (χ0) is 46.2. The van der Waals surface area contributed by atoms with Crippen molar-refractivity contribution in [2.24, 2.45) is 0 Å². The number of rotatable bonds is 10. The van der Waals surface area contributed by atoms with E-state index in [0.717, 1.165) is 73.1 Å². The summed E-state index contributed by atoms with van der Waals surface area (Å²) in [6, 6.07) is 74.7. The SMILES string of the molecule is Cc1ccc(N(c2ccc(C(C)(C)C)cc2)c2cc(N(c3ccccc3-c3ccccc3)c3cccc4ccccc34)cc(N(c3ccc(C)cc3)c3ccc(C(C)(C)C)cc3)c2Cl)cc1. The van der Waals surface area contributed by atoms with E-state index in [9.17, 15) is 0 Å². The lowest BCUT2D eigenvalue weighted by Crippen LogP contribution is -2.18. The minimum Gasteiger partial charge on any atom is -0.309 e. The summed E-state index contributed by atoms with van der Waals surface area (Å²) in [5.41, 5.74) is 15.9. The zero-order valence-corrected chi connectivity index (χ0v) is 40.1. The van der Waals surface area contributed by atoms with E-state index >= 15 is 0 Å². The highest BCUT2D eigenvalue weighted by Crippen LogP contribution is 2.52. The van der Waals surface area contributed by atoms with Gasteiger partial charge in [0.25, 0.3) is 0 Å². The van der Waals surface area contributed by atoms with E-state index < -0.39 is 0 Å². The van der Waals surface area contributed by atoms with Crippen LogP contribution < -0.4 is 14.7 Å². The van der Waals surface area contributed by atoms with Crippen LogP contribution in [0.4, 0.5) is 51.2 Å². The molecule has 0 unspecified atom stereocenters. The predicted molar refractivity (Wildman–Crippen MR) is 285 cm³/mol. The second kappa shape index (κ2) is 18.1. The van der Waals surface area contributed by atoms with E-state index in [-0.39, 0.29) is 10.8 Å². The van der Waals surface area contributed by atoms with Gasteiger partial charge in [0.1, 0.15) is 0 Å². The largest absolute Gasteiger partial charge is 0.309 e. The van der Waals surface area contributed by atoms with E-state index in [1.165, 1.54) is 22.3 Å². The van der Waals surface area contributed by atoms with Crippen molar-refractivity contribution >= 4 is 73.6 Å². The molecule has 0 N–H and O–H groups in total. The Hall–Kier alpha value is -7.07. The van der Waals surface area contributed by atoms with Gasteiger partial charge in [-0.25, -0.2) is 0 Å². The number of hydrogen-bond acceptors (Lipinski definition) is 3. The number of aryl methyl sites for hydroxylation is 2. The fourth-order valence-electron chi connectivity index (χ4n) is 8.84. The molecule has 0 spiro atoms. The Morgan fingerprint density at radius 1 is 0.348 bits per heavy atom. The summed E-state index contributed by atoms with van der Waals surface area (Å²) in [6.07, 6.45) is 0. The zero-order valence-electron chi connectivity index (χ0n) is 39.3. The molecule has 0 amide bonds. The smallest absolute Gasteiger partial charge is 0.0888 e. The molecule has 9 rings (SSSR count). The Balaban J connectivity index is 1.41. The first kappa shape index (κ1) is 44.1. The first-order valence-electron chi connectivity index (χ1n) is 23.0. The molecule has 66 heavy (non-hydrogen) atoms. The molecule has 0 fully saturated rings. The van der Waals surface area contributed by atoms with Gasteiger partial charge < -0.3 is 14.7 Å². The molecule has 3 nitrogen and oxygen atoms in total. The van der Waals surface area contributed by atoms with Crippen LogP contribution in [-0.2, 0) is 10.8 Å². The average molecular weight is 881 g/mol. The van der Waals surface area contributed by atoms with Gasteiger partial charge in [-0.1, -0.05) is 198 Å². The van der Waals surface area contributed by atoms with Gasteiger partial charge in [-0.05, 0) is 120 Å².